The Balaban J connectivity index is 2.99. The van der Waals surface area contributed by atoms with E-state index in [1.165, 1.54) is 0 Å². The zero-order chi connectivity index (χ0) is 11.9. The molecule has 86 valence electrons. The van der Waals surface area contributed by atoms with Crippen molar-refractivity contribution >= 4 is 0 Å². The molecule has 0 fully saturated rings. The first kappa shape index (κ1) is 12.1. The lowest BCUT2D eigenvalue weighted by atomic mass is 9.86. The Morgan fingerprint density at radius 3 is 2.07 bits per heavy atom. The van der Waals surface area contributed by atoms with E-state index in [-0.39, 0.29) is 11.6 Å². The quantitative estimate of drug-likeness (QED) is 0.435. The predicted molar refractivity (Wildman–Crippen MR) is 42.1 cm³/mol. The summed E-state index contributed by atoms with van der Waals surface area (Å²) in [6.07, 6.45) is -10.1. The van der Waals surface area contributed by atoms with Gasteiger partial charge in [0, 0.05) is 5.57 Å². The second kappa shape index (κ2) is 3.57. The fourth-order valence-electron chi connectivity index (χ4n) is 1.42. The summed E-state index contributed by atoms with van der Waals surface area (Å²) in [6.45, 7) is 3.20. The van der Waals surface area contributed by atoms with E-state index in [0.29, 0.717) is 0 Å². The van der Waals surface area contributed by atoms with Gasteiger partial charge in [0.15, 0.2) is 0 Å². The normalized spacial score (nSPS) is 24.0. The van der Waals surface area contributed by atoms with Crippen LogP contribution in [0.25, 0.3) is 0 Å². The Kier molecular flexibility index (Phi) is 2.89. The molecular weight excluding hydrogens is 222 g/mol. The molecule has 1 aliphatic rings. The molecule has 0 radical (unpaired) electrons. The van der Waals surface area contributed by atoms with E-state index in [4.69, 9.17) is 0 Å². The summed E-state index contributed by atoms with van der Waals surface area (Å²) in [7, 11) is 0. The second-order valence-electron chi connectivity index (χ2n) is 3.47. The standard InChI is InChI=1S/C9H8F6/c1-5-2-6(8(10,11)12)4-7(3-5)9(13,14)15/h4,6H,1-3H2. The second-order valence-corrected chi connectivity index (χ2v) is 3.47. The number of hydrogen-bond donors (Lipinski definition) is 0. The molecule has 15 heavy (non-hydrogen) atoms. The summed E-state index contributed by atoms with van der Waals surface area (Å²) in [5, 5.41) is 0. The molecule has 6 heteroatoms. The van der Waals surface area contributed by atoms with Crippen molar-refractivity contribution in [1.82, 2.24) is 0 Å². The van der Waals surface area contributed by atoms with E-state index in [9.17, 15) is 26.3 Å². The minimum absolute atomic E-state index is 0.0350. The van der Waals surface area contributed by atoms with Gasteiger partial charge in [-0.25, -0.2) is 0 Å². The first-order valence-electron chi connectivity index (χ1n) is 4.12. The third kappa shape index (κ3) is 3.00. The molecule has 0 spiro atoms. The zero-order valence-corrected chi connectivity index (χ0v) is 7.54. The van der Waals surface area contributed by atoms with Gasteiger partial charge in [-0.05, 0) is 12.8 Å². The summed E-state index contributed by atoms with van der Waals surface area (Å²) < 4.78 is 73.3. The van der Waals surface area contributed by atoms with Gasteiger partial charge in [0.25, 0.3) is 0 Å². The highest BCUT2D eigenvalue weighted by Gasteiger charge is 2.44. The fraction of sp³-hybridized carbons (Fsp3) is 0.556. The summed E-state index contributed by atoms with van der Waals surface area (Å²) in [5.41, 5.74) is -1.19. The zero-order valence-electron chi connectivity index (χ0n) is 7.54. The molecule has 0 heterocycles. The molecule has 0 aromatic rings. The van der Waals surface area contributed by atoms with Crippen LogP contribution < -0.4 is 0 Å². The van der Waals surface area contributed by atoms with Crippen LogP contribution in [0, 0.1) is 5.92 Å². The number of alkyl halides is 6. The van der Waals surface area contributed by atoms with E-state index in [1.54, 1.807) is 0 Å². The maximum atomic E-state index is 12.2. The average Bonchev–Trinajstić information content (AvgIpc) is 1.99. The molecule has 0 N–H and O–H groups in total. The van der Waals surface area contributed by atoms with Crippen LogP contribution in [0.15, 0.2) is 23.8 Å². The van der Waals surface area contributed by atoms with Crippen LogP contribution in [-0.2, 0) is 0 Å². The highest BCUT2D eigenvalue weighted by atomic mass is 19.4. The maximum Gasteiger partial charge on any atom is 0.412 e. The Labute approximate surface area is 82.3 Å². The van der Waals surface area contributed by atoms with Crippen molar-refractivity contribution in [2.75, 3.05) is 0 Å². The highest BCUT2D eigenvalue weighted by molar-refractivity contribution is 5.25. The largest absolute Gasteiger partial charge is 0.412 e. The molecule has 1 aliphatic carbocycles. The SMILES string of the molecule is C=C1CC(C(F)(F)F)=CC(C(F)(F)F)C1. The molecule has 1 rings (SSSR count). The van der Waals surface area contributed by atoms with Gasteiger partial charge in [-0.3, -0.25) is 0 Å². The minimum Gasteiger partial charge on any atom is -0.170 e. The Bertz CT molecular complexity index is 293. The van der Waals surface area contributed by atoms with Gasteiger partial charge in [-0.1, -0.05) is 18.2 Å². The third-order valence-electron chi connectivity index (χ3n) is 2.14. The maximum absolute atomic E-state index is 12.2. The predicted octanol–water partition coefficient (Wildman–Crippen LogP) is 4.00. The smallest absolute Gasteiger partial charge is 0.170 e. The number of hydrogen-bond acceptors (Lipinski definition) is 0. The summed E-state index contributed by atoms with van der Waals surface area (Å²) in [6, 6.07) is 0. The number of allylic oxidation sites excluding steroid dienone is 3. The molecule has 0 aromatic heterocycles. The van der Waals surface area contributed by atoms with Crippen LogP contribution in [-0.4, -0.2) is 12.4 Å². The lowest BCUT2D eigenvalue weighted by Crippen LogP contribution is -2.27. The topological polar surface area (TPSA) is 0 Å². The lowest BCUT2D eigenvalue weighted by molar-refractivity contribution is -0.163. The van der Waals surface area contributed by atoms with Crippen molar-refractivity contribution in [3.05, 3.63) is 23.8 Å². The van der Waals surface area contributed by atoms with Crippen molar-refractivity contribution < 1.29 is 26.3 Å². The first-order valence-corrected chi connectivity index (χ1v) is 4.12. The molecule has 0 nitrogen and oxygen atoms in total. The molecule has 0 aliphatic heterocycles. The van der Waals surface area contributed by atoms with Gasteiger partial charge in [0.05, 0.1) is 5.92 Å². The van der Waals surface area contributed by atoms with E-state index >= 15 is 0 Å². The molecule has 1 unspecified atom stereocenters. The van der Waals surface area contributed by atoms with Gasteiger partial charge in [0.2, 0.25) is 0 Å². The van der Waals surface area contributed by atoms with Crippen LogP contribution in [0.3, 0.4) is 0 Å². The van der Waals surface area contributed by atoms with Crippen molar-refractivity contribution in [1.29, 1.82) is 0 Å². The molecule has 1 atom stereocenters. The summed E-state index contributed by atoms with van der Waals surface area (Å²) in [5.74, 6) is -2.06. The number of rotatable bonds is 0. The van der Waals surface area contributed by atoms with Crippen LogP contribution in [0.2, 0.25) is 0 Å². The van der Waals surface area contributed by atoms with E-state index in [0.717, 1.165) is 0 Å². The van der Waals surface area contributed by atoms with E-state index in [1.807, 2.05) is 0 Å². The lowest BCUT2D eigenvalue weighted by Gasteiger charge is -2.25. The van der Waals surface area contributed by atoms with Gasteiger partial charge >= 0.3 is 12.4 Å². The van der Waals surface area contributed by atoms with Crippen molar-refractivity contribution in [2.24, 2.45) is 5.92 Å². The van der Waals surface area contributed by atoms with Crippen LogP contribution >= 0.6 is 0 Å². The van der Waals surface area contributed by atoms with Crippen molar-refractivity contribution in [3.8, 4) is 0 Å². The van der Waals surface area contributed by atoms with Gasteiger partial charge in [-0.2, -0.15) is 26.3 Å². The molecule has 0 saturated heterocycles. The minimum atomic E-state index is -4.70. The third-order valence-corrected chi connectivity index (χ3v) is 2.14. The molecule has 0 aromatic carbocycles. The van der Waals surface area contributed by atoms with Crippen molar-refractivity contribution in [3.63, 3.8) is 0 Å². The number of halogens is 6. The van der Waals surface area contributed by atoms with E-state index in [2.05, 4.69) is 6.58 Å². The van der Waals surface area contributed by atoms with Crippen LogP contribution in [0.4, 0.5) is 26.3 Å². The molecule has 0 amide bonds. The Morgan fingerprint density at radius 1 is 1.13 bits per heavy atom. The highest BCUT2D eigenvalue weighted by Crippen LogP contribution is 2.42. The molecular formula is C9H8F6. The van der Waals surface area contributed by atoms with Gasteiger partial charge in [0.1, 0.15) is 0 Å². The van der Waals surface area contributed by atoms with Crippen LogP contribution in [0.5, 0.6) is 0 Å². The van der Waals surface area contributed by atoms with Crippen molar-refractivity contribution in [2.45, 2.75) is 25.2 Å². The van der Waals surface area contributed by atoms with Crippen LogP contribution in [0.1, 0.15) is 12.8 Å². The van der Waals surface area contributed by atoms with Gasteiger partial charge in [-0.15, -0.1) is 0 Å². The monoisotopic (exact) mass is 230 g/mol. The first-order chi connectivity index (χ1) is 6.60. The average molecular weight is 230 g/mol. The molecule has 0 bridgehead atoms. The fourth-order valence-corrected chi connectivity index (χ4v) is 1.42. The summed E-state index contributed by atoms with van der Waals surface area (Å²) >= 11 is 0. The van der Waals surface area contributed by atoms with Gasteiger partial charge < -0.3 is 0 Å². The molecule has 0 saturated carbocycles. The van der Waals surface area contributed by atoms with E-state index < -0.39 is 36.7 Å². The Morgan fingerprint density at radius 2 is 1.67 bits per heavy atom. The Hall–Kier alpha value is -0.940. The summed E-state index contributed by atoms with van der Waals surface area (Å²) in [4.78, 5) is 0.